The number of benzene rings is 1. The highest BCUT2D eigenvalue weighted by Gasteiger charge is 2.24. The molecule has 7 nitrogen and oxygen atoms in total. The van der Waals surface area contributed by atoms with E-state index in [0.717, 1.165) is 12.1 Å². The zero-order chi connectivity index (χ0) is 19.1. The number of primary sulfonamides is 1. The van der Waals surface area contributed by atoms with Gasteiger partial charge in [-0.15, -0.1) is 24.0 Å². The SMILES string of the molecule is CCNC(=NCc1cccc(S(N)(=O)=O)c1)NCC(OC)C(C)(C)C.I. The fourth-order valence-electron chi connectivity index (χ4n) is 2.27. The van der Waals surface area contributed by atoms with Gasteiger partial charge in [-0.1, -0.05) is 32.9 Å². The van der Waals surface area contributed by atoms with Gasteiger partial charge in [-0.25, -0.2) is 18.5 Å². The number of nitrogens with two attached hydrogens (primary N) is 1. The van der Waals surface area contributed by atoms with Crippen molar-refractivity contribution in [1.82, 2.24) is 10.6 Å². The first-order valence-corrected chi connectivity index (χ1v) is 9.79. The maximum Gasteiger partial charge on any atom is 0.238 e. The zero-order valence-corrected chi connectivity index (χ0v) is 19.2. The van der Waals surface area contributed by atoms with Crippen molar-refractivity contribution in [3.05, 3.63) is 29.8 Å². The van der Waals surface area contributed by atoms with E-state index in [9.17, 15) is 8.42 Å². The van der Waals surface area contributed by atoms with E-state index >= 15 is 0 Å². The molecule has 0 fully saturated rings. The lowest BCUT2D eigenvalue weighted by molar-refractivity contribution is 0.0205. The summed E-state index contributed by atoms with van der Waals surface area (Å²) in [6.07, 6.45) is 0.0297. The number of aliphatic imine (C=N–C) groups is 1. The first kappa shape index (κ1) is 25.1. The third-order valence-electron chi connectivity index (χ3n) is 3.70. The van der Waals surface area contributed by atoms with Gasteiger partial charge in [0.2, 0.25) is 10.0 Å². The second-order valence-electron chi connectivity index (χ2n) is 6.86. The molecule has 0 spiro atoms. The van der Waals surface area contributed by atoms with Gasteiger partial charge < -0.3 is 15.4 Å². The highest BCUT2D eigenvalue weighted by atomic mass is 127. The maximum absolute atomic E-state index is 11.4. The summed E-state index contributed by atoms with van der Waals surface area (Å²) >= 11 is 0. The summed E-state index contributed by atoms with van der Waals surface area (Å²) in [5.41, 5.74) is 0.769. The summed E-state index contributed by atoms with van der Waals surface area (Å²) < 4.78 is 28.4. The average molecular weight is 498 g/mol. The molecule has 0 bridgehead atoms. The molecule has 4 N–H and O–H groups in total. The van der Waals surface area contributed by atoms with E-state index < -0.39 is 10.0 Å². The maximum atomic E-state index is 11.4. The summed E-state index contributed by atoms with van der Waals surface area (Å²) in [7, 11) is -2.02. The minimum atomic E-state index is -3.71. The van der Waals surface area contributed by atoms with Crippen molar-refractivity contribution in [3.63, 3.8) is 0 Å². The number of hydrogen-bond acceptors (Lipinski definition) is 4. The molecule has 1 aromatic rings. The molecule has 1 rings (SSSR count). The van der Waals surface area contributed by atoms with Crippen LogP contribution in [0.2, 0.25) is 0 Å². The number of ether oxygens (including phenoxy) is 1. The Hall–Kier alpha value is -0.910. The summed E-state index contributed by atoms with van der Waals surface area (Å²) in [5, 5.41) is 11.6. The van der Waals surface area contributed by atoms with Gasteiger partial charge in [-0.2, -0.15) is 0 Å². The minimum absolute atomic E-state index is 0. The predicted molar refractivity (Wildman–Crippen MR) is 116 cm³/mol. The minimum Gasteiger partial charge on any atom is -0.379 e. The Morgan fingerprint density at radius 3 is 2.46 bits per heavy atom. The Morgan fingerprint density at radius 2 is 1.96 bits per heavy atom. The third kappa shape index (κ3) is 8.65. The molecular weight excluding hydrogens is 467 g/mol. The quantitative estimate of drug-likeness (QED) is 0.303. The third-order valence-corrected chi connectivity index (χ3v) is 4.61. The molecule has 0 saturated heterocycles. The number of methoxy groups -OCH3 is 1. The number of sulfonamides is 1. The van der Waals surface area contributed by atoms with E-state index in [1.807, 2.05) is 13.0 Å². The van der Waals surface area contributed by atoms with Gasteiger partial charge >= 0.3 is 0 Å². The molecule has 0 aliphatic carbocycles. The molecular formula is C17H31IN4O3S. The fourth-order valence-corrected chi connectivity index (χ4v) is 2.85. The fraction of sp³-hybridized carbons (Fsp3) is 0.588. The molecule has 0 heterocycles. The van der Waals surface area contributed by atoms with Gasteiger partial charge in [0, 0.05) is 20.2 Å². The Morgan fingerprint density at radius 1 is 1.31 bits per heavy atom. The van der Waals surface area contributed by atoms with Crippen LogP contribution >= 0.6 is 24.0 Å². The van der Waals surface area contributed by atoms with Gasteiger partial charge in [0.15, 0.2) is 5.96 Å². The average Bonchev–Trinajstić information content (AvgIpc) is 2.51. The van der Waals surface area contributed by atoms with Gasteiger partial charge in [0.1, 0.15) is 0 Å². The molecule has 0 aromatic heterocycles. The molecule has 0 saturated carbocycles. The first-order chi connectivity index (χ1) is 11.6. The molecule has 150 valence electrons. The molecule has 9 heteroatoms. The molecule has 1 atom stereocenters. The second-order valence-corrected chi connectivity index (χ2v) is 8.42. The monoisotopic (exact) mass is 498 g/mol. The van der Waals surface area contributed by atoms with Gasteiger partial charge in [0.25, 0.3) is 0 Å². The van der Waals surface area contributed by atoms with Crippen LogP contribution in [0.3, 0.4) is 0 Å². The van der Waals surface area contributed by atoms with Crippen LogP contribution in [-0.2, 0) is 21.3 Å². The van der Waals surface area contributed by atoms with Crippen molar-refractivity contribution in [1.29, 1.82) is 0 Å². The van der Waals surface area contributed by atoms with Crippen LogP contribution in [0.5, 0.6) is 0 Å². The lowest BCUT2D eigenvalue weighted by Crippen LogP contribution is -2.45. The smallest absolute Gasteiger partial charge is 0.238 e. The van der Waals surface area contributed by atoms with Gasteiger partial charge in [-0.05, 0) is 30.0 Å². The van der Waals surface area contributed by atoms with Crippen LogP contribution in [0.25, 0.3) is 0 Å². The standard InChI is InChI=1S/C17H30N4O3S.HI/c1-6-19-16(21-12-15(24-5)17(2,3)4)20-11-13-8-7-9-14(10-13)25(18,22)23;/h7-10,15H,6,11-12H2,1-5H3,(H2,18,22,23)(H2,19,20,21);1H. The van der Waals surface area contributed by atoms with Crippen LogP contribution < -0.4 is 15.8 Å². The lowest BCUT2D eigenvalue weighted by atomic mass is 9.89. The van der Waals surface area contributed by atoms with E-state index in [-0.39, 0.29) is 40.4 Å². The van der Waals surface area contributed by atoms with E-state index in [4.69, 9.17) is 9.88 Å². The van der Waals surface area contributed by atoms with E-state index in [1.165, 1.54) is 12.1 Å². The topological polar surface area (TPSA) is 106 Å². The second kappa shape index (κ2) is 11.1. The van der Waals surface area contributed by atoms with Gasteiger partial charge in [-0.3, -0.25) is 0 Å². The summed E-state index contributed by atoms with van der Waals surface area (Å²) in [6, 6.07) is 6.48. The molecule has 0 radical (unpaired) electrons. The van der Waals surface area contributed by atoms with Crippen molar-refractivity contribution in [2.75, 3.05) is 20.2 Å². The Bertz CT molecular complexity index is 687. The molecule has 1 unspecified atom stereocenters. The van der Waals surface area contributed by atoms with E-state index in [0.29, 0.717) is 19.0 Å². The number of nitrogens with zero attached hydrogens (tertiary/aromatic N) is 1. The summed E-state index contributed by atoms with van der Waals surface area (Å²) in [5.74, 6) is 0.648. The summed E-state index contributed by atoms with van der Waals surface area (Å²) in [6.45, 7) is 10.0. The summed E-state index contributed by atoms with van der Waals surface area (Å²) in [4.78, 5) is 4.59. The molecule has 0 amide bonds. The molecule has 0 aliphatic rings. The Kier molecular flexibility index (Phi) is 10.7. The number of rotatable bonds is 7. The number of hydrogen-bond donors (Lipinski definition) is 3. The van der Waals surface area contributed by atoms with Crippen LogP contribution in [-0.4, -0.2) is 40.7 Å². The highest BCUT2D eigenvalue weighted by Crippen LogP contribution is 2.20. The van der Waals surface area contributed by atoms with E-state index in [1.54, 1.807) is 13.2 Å². The normalized spacial score (nSPS) is 13.7. The van der Waals surface area contributed by atoms with Crippen LogP contribution in [0.15, 0.2) is 34.2 Å². The largest absolute Gasteiger partial charge is 0.379 e. The van der Waals surface area contributed by atoms with Crippen molar-refractivity contribution >= 4 is 40.0 Å². The van der Waals surface area contributed by atoms with Gasteiger partial charge in [0.05, 0.1) is 17.5 Å². The number of nitrogens with one attached hydrogen (secondary N) is 2. The van der Waals surface area contributed by atoms with Crippen molar-refractivity contribution < 1.29 is 13.2 Å². The zero-order valence-electron chi connectivity index (χ0n) is 16.1. The number of guanidine groups is 1. The Labute approximate surface area is 174 Å². The first-order valence-electron chi connectivity index (χ1n) is 8.24. The predicted octanol–water partition coefficient (Wildman–Crippen LogP) is 2.07. The lowest BCUT2D eigenvalue weighted by Gasteiger charge is -2.30. The van der Waals surface area contributed by atoms with Crippen LogP contribution in [0, 0.1) is 5.41 Å². The molecule has 1 aromatic carbocycles. The molecule has 26 heavy (non-hydrogen) atoms. The number of halogens is 1. The van der Waals surface area contributed by atoms with Crippen molar-refractivity contribution in [3.8, 4) is 0 Å². The molecule has 0 aliphatic heterocycles. The van der Waals surface area contributed by atoms with E-state index in [2.05, 4.69) is 36.4 Å². The van der Waals surface area contributed by atoms with Crippen molar-refractivity contribution in [2.24, 2.45) is 15.5 Å². The van der Waals surface area contributed by atoms with Crippen LogP contribution in [0.4, 0.5) is 0 Å². The highest BCUT2D eigenvalue weighted by molar-refractivity contribution is 14.0. The Balaban J connectivity index is 0.00000625. The van der Waals surface area contributed by atoms with Crippen LogP contribution in [0.1, 0.15) is 33.3 Å². The van der Waals surface area contributed by atoms with Crippen molar-refractivity contribution in [2.45, 2.75) is 45.2 Å².